The molecule has 1 aromatic carbocycles. The molecule has 4 heteroatoms. The van der Waals surface area contributed by atoms with E-state index in [2.05, 4.69) is 5.32 Å². The van der Waals surface area contributed by atoms with Crippen LogP contribution >= 0.6 is 0 Å². The van der Waals surface area contributed by atoms with Crippen molar-refractivity contribution >= 4 is 5.91 Å². The van der Waals surface area contributed by atoms with E-state index in [4.69, 9.17) is 5.73 Å². The molecule has 0 radical (unpaired) electrons. The molecule has 1 aliphatic heterocycles. The molecule has 1 amide bonds. The Kier molecular flexibility index (Phi) is 5.11. The highest BCUT2D eigenvalue weighted by Crippen LogP contribution is 2.28. The zero-order chi connectivity index (χ0) is 15.4. The van der Waals surface area contributed by atoms with Gasteiger partial charge in [-0.25, -0.2) is 0 Å². The first-order valence-corrected chi connectivity index (χ1v) is 8.54. The number of nitrogens with two attached hydrogens (primary N) is 1. The topological polar surface area (TPSA) is 58.4 Å². The SMILES string of the molecule is NC(CC(=O)N1CCC(NCC2CC2)CC1)c1ccccc1. The molecule has 1 unspecified atom stereocenters. The summed E-state index contributed by atoms with van der Waals surface area (Å²) >= 11 is 0. The molecule has 120 valence electrons. The predicted molar refractivity (Wildman–Crippen MR) is 88.3 cm³/mol. The van der Waals surface area contributed by atoms with E-state index in [0.29, 0.717) is 12.5 Å². The lowest BCUT2D eigenvalue weighted by molar-refractivity contribution is -0.132. The molecule has 1 saturated heterocycles. The van der Waals surface area contributed by atoms with Crippen LogP contribution in [0.15, 0.2) is 30.3 Å². The van der Waals surface area contributed by atoms with Crippen LogP contribution in [0.25, 0.3) is 0 Å². The highest BCUT2D eigenvalue weighted by Gasteiger charge is 2.26. The van der Waals surface area contributed by atoms with Crippen molar-refractivity contribution in [2.45, 2.75) is 44.2 Å². The van der Waals surface area contributed by atoms with E-state index >= 15 is 0 Å². The molecule has 1 aromatic rings. The highest BCUT2D eigenvalue weighted by atomic mass is 16.2. The predicted octanol–water partition coefficient (Wildman–Crippen LogP) is 2.07. The second-order valence-electron chi connectivity index (χ2n) is 6.73. The maximum atomic E-state index is 12.4. The molecule has 22 heavy (non-hydrogen) atoms. The molecule has 0 aromatic heterocycles. The van der Waals surface area contributed by atoms with Crippen molar-refractivity contribution in [1.29, 1.82) is 0 Å². The number of hydrogen-bond acceptors (Lipinski definition) is 3. The second kappa shape index (κ2) is 7.25. The zero-order valence-electron chi connectivity index (χ0n) is 13.2. The van der Waals surface area contributed by atoms with Crippen LogP contribution in [0.4, 0.5) is 0 Å². The fourth-order valence-electron chi connectivity index (χ4n) is 3.12. The van der Waals surface area contributed by atoms with Gasteiger partial charge in [0.25, 0.3) is 0 Å². The van der Waals surface area contributed by atoms with Gasteiger partial charge in [0.05, 0.1) is 0 Å². The van der Waals surface area contributed by atoms with Crippen molar-refractivity contribution in [3.05, 3.63) is 35.9 Å². The summed E-state index contributed by atoms with van der Waals surface area (Å²) in [6, 6.07) is 10.3. The fraction of sp³-hybridized carbons (Fsp3) is 0.611. The molecular weight excluding hydrogens is 274 g/mol. The van der Waals surface area contributed by atoms with E-state index in [9.17, 15) is 4.79 Å². The van der Waals surface area contributed by atoms with E-state index in [1.807, 2.05) is 35.2 Å². The van der Waals surface area contributed by atoms with Gasteiger partial charge >= 0.3 is 0 Å². The second-order valence-corrected chi connectivity index (χ2v) is 6.73. The standard InChI is InChI=1S/C18H27N3O/c19-17(15-4-2-1-3-5-15)12-18(22)21-10-8-16(9-11-21)20-13-14-6-7-14/h1-5,14,16-17,20H,6-13,19H2. The fourth-order valence-corrected chi connectivity index (χ4v) is 3.12. The van der Waals surface area contributed by atoms with Crippen molar-refractivity contribution in [3.63, 3.8) is 0 Å². The molecule has 1 saturated carbocycles. The first-order chi connectivity index (χ1) is 10.7. The van der Waals surface area contributed by atoms with Crippen LogP contribution in [0, 0.1) is 5.92 Å². The maximum absolute atomic E-state index is 12.4. The molecule has 1 heterocycles. The number of carbonyl (C=O) groups excluding carboxylic acids is 1. The Hall–Kier alpha value is -1.39. The van der Waals surface area contributed by atoms with Crippen LogP contribution in [0.2, 0.25) is 0 Å². The van der Waals surface area contributed by atoms with Gasteiger partial charge in [-0.3, -0.25) is 4.79 Å². The third-order valence-electron chi connectivity index (χ3n) is 4.86. The molecule has 3 N–H and O–H groups in total. The average molecular weight is 301 g/mol. The van der Waals surface area contributed by atoms with Crippen LogP contribution in [0.5, 0.6) is 0 Å². The van der Waals surface area contributed by atoms with Crippen LogP contribution in [-0.2, 0) is 4.79 Å². The summed E-state index contributed by atoms with van der Waals surface area (Å²) in [5, 5.41) is 3.65. The lowest BCUT2D eigenvalue weighted by atomic mass is 10.0. The quantitative estimate of drug-likeness (QED) is 0.845. The number of nitrogens with one attached hydrogen (secondary N) is 1. The van der Waals surface area contributed by atoms with Crippen molar-refractivity contribution < 1.29 is 4.79 Å². The lowest BCUT2D eigenvalue weighted by Crippen LogP contribution is -2.45. The Morgan fingerprint density at radius 3 is 2.50 bits per heavy atom. The summed E-state index contributed by atoms with van der Waals surface area (Å²) in [6.45, 7) is 2.89. The van der Waals surface area contributed by atoms with Crippen molar-refractivity contribution in [1.82, 2.24) is 10.2 Å². The van der Waals surface area contributed by atoms with Gasteiger partial charge in [-0.15, -0.1) is 0 Å². The summed E-state index contributed by atoms with van der Waals surface area (Å²) in [5.74, 6) is 1.11. The average Bonchev–Trinajstić information content (AvgIpc) is 3.38. The normalized spacial score (nSPS) is 20.9. The first-order valence-electron chi connectivity index (χ1n) is 8.54. The Bertz CT molecular complexity index is 478. The van der Waals surface area contributed by atoms with Crippen LogP contribution in [0.1, 0.15) is 43.7 Å². The first kappa shape index (κ1) is 15.5. The maximum Gasteiger partial charge on any atom is 0.224 e. The van der Waals surface area contributed by atoms with Crippen LogP contribution in [0.3, 0.4) is 0 Å². The summed E-state index contributed by atoms with van der Waals surface area (Å²) in [5.41, 5.74) is 7.20. The van der Waals surface area contributed by atoms with Gasteiger partial charge in [-0.05, 0) is 43.7 Å². The minimum Gasteiger partial charge on any atom is -0.343 e. The smallest absolute Gasteiger partial charge is 0.224 e. The number of rotatable bonds is 6. The minimum atomic E-state index is -0.195. The Morgan fingerprint density at radius 2 is 1.86 bits per heavy atom. The Morgan fingerprint density at radius 1 is 1.18 bits per heavy atom. The van der Waals surface area contributed by atoms with Crippen LogP contribution in [-0.4, -0.2) is 36.5 Å². The monoisotopic (exact) mass is 301 g/mol. The lowest BCUT2D eigenvalue weighted by Gasteiger charge is -2.33. The number of piperidine rings is 1. The zero-order valence-corrected chi connectivity index (χ0v) is 13.2. The van der Waals surface area contributed by atoms with Gasteiger partial charge in [-0.2, -0.15) is 0 Å². The van der Waals surface area contributed by atoms with E-state index in [-0.39, 0.29) is 11.9 Å². The minimum absolute atomic E-state index is 0.192. The van der Waals surface area contributed by atoms with Gasteiger partial charge < -0.3 is 16.0 Å². The van der Waals surface area contributed by atoms with Gasteiger partial charge in [0, 0.05) is 31.6 Å². The molecule has 3 rings (SSSR count). The third-order valence-corrected chi connectivity index (χ3v) is 4.86. The molecule has 0 bridgehead atoms. The van der Waals surface area contributed by atoms with Crippen LogP contribution < -0.4 is 11.1 Å². The summed E-state index contributed by atoms with van der Waals surface area (Å²) < 4.78 is 0. The summed E-state index contributed by atoms with van der Waals surface area (Å²) in [4.78, 5) is 14.4. The van der Waals surface area contributed by atoms with Crippen molar-refractivity contribution in [3.8, 4) is 0 Å². The van der Waals surface area contributed by atoms with Crippen molar-refractivity contribution in [2.24, 2.45) is 11.7 Å². The van der Waals surface area contributed by atoms with E-state index < -0.39 is 0 Å². The number of nitrogens with zero attached hydrogens (tertiary/aromatic N) is 1. The number of amides is 1. The van der Waals surface area contributed by atoms with E-state index in [1.54, 1.807) is 0 Å². The number of likely N-dealkylation sites (tertiary alicyclic amines) is 1. The number of benzene rings is 1. The molecular formula is C18H27N3O. The molecule has 2 aliphatic rings. The molecule has 1 atom stereocenters. The van der Waals surface area contributed by atoms with Gasteiger partial charge in [-0.1, -0.05) is 30.3 Å². The Labute approximate surface area is 133 Å². The highest BCUT2D eigenvalue weighted by molar-refractivity contribution is 5.77. The van der Waals surface area contributed by atoms with Crippen molar-refractivity contribution in [2.75, 3.05) is 19.6 Å². The third kappa shape index (κ3) is 4.31. The van der Waals surface area contributed by atoms with Gasteiger partial charge in [0.1, 0.15) is 0 Å². The van der Waals surface area contributed by atoms with E-state index in [1.165, 1.54) is 12.8 Å². The van der Waals surface area contributed by atoms with Gasteiger partial charge in [0.15, 0.2) is 0 Å². The molecule has 0 spiro atoms. The Balaban J connectivity index is 1.41. The largest absolute Gasteiger partial charge is 0.343 e. The molecule has 4 nitrogen and oxygen atoms in total. The number of hydrogen-bond donors (Lipinski definition) is 2. The molecule has 1 aliphatic carbocycles. The van der Waals surface area contributed by atoms with Gasteiger partial charge in [0.2, 0.25) is 5.91 Å². The van der Waals surface area contributed by atoms with E-state index in [0.717, 1.165) is 44.0 Å². The molecule has 2 fully saturated rings. The summed E-state index contributed by atoms with van der Waals surface area (Å²) in [6.07, 6.45) is 5.33. The summed E-state index contributed by atoms with van der Waals surface area (Å²) in [7, 11) is 0. The number of carbonyl (C=O) groups is 1.